The van der Waals surface area contributed by atoms with Gasteiger partial charge in [0.05, 0.1) is 22.9 Å². The second kappa shape index (κ2) is 2.98. The number of nitrogens with one attached hydrogen (secondary N) is 1. The predicted molar refractivity (Wildman–Crippen MR) is 68.5 cm³/mol. The number of anilines is 1. The summed E-state index contributed by atoms with van der Waals surface area (Å²) < 4.78 is 3.13. The number of rotatable bonds is 1. The van der Waals surface area contributed by atoms with Crippen molar-refractivity contribution in [3.05, 3.63) is 42.5 Å². The minimum Gasteiger partial charge on any atom is -0.328 e. The molecule has 0 bridgehead atoms. The van der Waals surface area contributed by atoms with Crippen molar-refractivity contribution in [2.45, 2.75) is 0 Å². The third-order valence-corrected chi connectivity index (χ3v) is 3.26. The molecule has 0 saturated carbocycles. The lowest BCUT2D eigenvalue weighted by Crippen LogP contribution is -1.98. The van der Waals surface area contributed by atoms with Crippen LogP contribution in [0.15, 0.2) is 42.5 Å². The Kier molecular flexibility index (Phi) is 1.77. The van der Waals surface area contributed by atoms with E-state index in [0.717, 1.165) is 0 Å². The van der Waals surface area contributed by atoms with Crippen molar-refractivity contribution < 1.29 is 0 Å². The van der Waals surface area contributed by atoms with Crippen LogP contribution in [-0.4, -0.2) is 0 Å². The topological polar surface area (TPSA) is 12.0 Å². The fourth-order valence-electron chi connectivity index (χ4n) is 1.95. The molecule has 0 atom stereocenters. The smallest absolute Gasteiger partial charge is 0.0560 e. The second-order valence-corrected chi connectivity index (χ2v) is 3.94. The van der Waals surface area contributed by atoms with Crippen molar-refractivity contribution in [2.24, 2.45) is 0 Å². The molecular formula is C12H8IN. The highest BCUT2D eigenvalue weighted by Gasteiger charge is 2.20. The highest BCUT2D eigenvalue weighted by molar-refractivity contribution is 14.1. The van der Waals surface area contributed by atoms with E-state index >= 15 is 0 Å². The van der Waals surface area contributed by atoms with Gasteiger partial charge in [0.2, 0.25) is 0 Å². The summed E-state index contributed by atoms with van der Waals surface area (Å²) >= 11 is 2.16. The van der Waals surface area contributed by atoms with Gasteiger partial charge in [0.25, 0.3) is 0 Å². The van der Waals surface area contributed by atoms with E-state index in [0.29, 0.717) is 0 Å². The molecule has 0 unspecified atom stereocenters. The quantitative estimate of drug-likeness (QED) is 0.526. The van der Waals surface area contributed by atoms with Crippen molar-refractivity contribution in [2.75, 3.05) is 3.53 Å². The standard InChI is InChI=1S/C12H8IN/c13-14-8-5-6-11-9-3-1-2-4-10(9)12(11)7-8/h1-7,14H. The summed E-state index contributed by atoms with van der Waals surface area (Å²) in [5, 5.41) is 0. The first-order chi connectivity index (χ1) is 6.90. The van der Waals surface area contributed by atoms with Crippen LogP contribution in [0.3, 0.4) is 0 Å². The zero-order valence-corrected chi connectivity index (χ0v) is 9.58. The number of halogens is 1. The van der Waals surface area contributed by atoms with Crippen LogP contribution in [-0.2, 0) is 0 Å². The molecule has 0 spiro atoms. The minimum absolute atomic E-state index is 1.17. The van der Waals surface area contributed by atoms with Gasteiger partial charge < -0.3 is 3.53 Å². The van der Waals surface area contributed by atoms with Crippen LogP contribution in [0.4, 0.5) is 5.69 Å². The number of benzene rings is 2. The van der Waals surface area contributed by atoms with Crippen LogP contribution in [0.25, 0.3) is 22.3 Å². The van der Waals surface area contributed by atoms with E-state index in [1.807, 2.05) is 0 Å². The molecule has 2 aromatic carbocycles. The van der Waals surface area contributed by atoms with Crippen LogP contribution in [0, 0.1) is 0 Å². The Morgan fingerprint density at radius 1 is 0.786 bits per heavy atom. The van der Waals surface area contributed by atoms with E-state index in [4.69, 9.17) is 0 Å². The molecule has 0 amide bonds. The summed E-state index contributed by atoms with van der Waals surface area (Å²) in [5.74, 6) is 0. The SMILES string of the molecule is INc1ccc2c(c1)-c1ccccc1-2. The Morgan fingerprint density at radius 3 is 2.14 bits per heavy atom. The number of hydrogen-bond donors (Lipinski definition) is 1. The fourth-order valence-corrected chi connectivity index (χ4v) is 2.29. The van der Waals surface area contributed by atoms with Crippen molar-refractivity contribution >= 4 is 28.6 Å². The van der Waals surface area contributed by atoms with Gasteiger partial charge in [-0.2, -0.15) is 0 Å². The van der Waals surface area contributed by atoms with Crippen LogP contribution >= 0.6 is 22.9 Å². The zero-order chi connectivity index (χ0) is 9.54. The van der Waals surface area contributed by atoms with E-state index in [1.54, 1.807) is 0 Å². The average molecular weight is 293 g/mol. The third kappa shape index (κ3) is 1.00. The molecule has 0 fully saturated rings. The summed E-state index contributed by atoms with van der Waals surface area (Å²) in [6, 6.07) is 15.0. The maximum atomic E-state index is 3.13. The van der Waals surface area contributed by atoms with Crippen LogP contribution < -0.4 is 3.53 Å². The largest absolute Gasteiger partial charge is 0.328 e. The van der Waals surface area contributed by atoms with Crippen molar-refractivity contribution in [3.63, 3.8) is 0 Å². The molecule has 0 aliphatic heterocycles. The van der Waals surface area contributed by atoms with Crippen molar-refractivity contribution in [1.29, 1.82) is 0 Å². The normalized spacial score (nSPS) is 11.2. The average Bonchev–Trinajstić information content (AvgIpc) is 2.25. The molecule has 14 heavy (non-hydrogen) atoms. The Hall–Kier alpha value is -1.03. The Labute approximate surface area is 96.7 Å². The van der Waals surface area contributed by atoms with Crippen molar-refractivity contribution in [3.8, 4) is 22.3 Å². The molecule has 0 heterocycles. The molecule has 0 radical (unpaired) electrons. The number of fused-ring (bicyclic) bond motifs is 4. The first-order valence-electron chi connectivity index (χ1n) is 4.50. The maximum Gasteiger partial charge on any atom is 0.0560 e. The van der Waals surface area contributed by atoms with Gasteiger partial charge in [-0.15, -0.1) is 0 Å². The summed E-state index contributed by atoms with van der Waals surface area (Å²) in [6.45, 7) is 0. The summed E-state index contributed by atoms with van der Waals surface area (Å²) in [7, 11) is 0. The maximum absolute atomic E-state index is 3.13. The van der Waals surface area contributed by atoms with Gasteiger partial charge in [0, 0.05) is 5.69 Å². The first kappa shape index (κ1) is 8.29. The van der Waals surface area contributed by atoms with Gasteiger partial charge in [-0.1, -0.05) is 30.3 Å². The van der Waals surface area contributed by atoms with Crippen LogP contribution in [0.5, 0.6) is 0 Å². The molecule has 1 aliphatic rings. The molecule has 68 valence electrons. The minimum atomic E-state index is 1.17. The molecule has 0 saturated heterocycles. The molecule has 3 rings (SSSR count). The zero-order valence-electron chi connectivity index (χ0n) is 7.42. The fraction of sp³-hybridized carbons (Fsp3) is 0. The van der Waals surface area contributed by atoms with E-state index in [1.165, 1.54) is 27.9 Å². The molecule has 0 aromatic heterocycles. The summed E-state index contributed by atoms with van der Waals surface area (Å²) in [6.07, 6.45) is 0. The molecule has 1 aliphatic carbocycles. The lowest BCUT2D eigenvalue weighted by atomic mass is 9.80. The Morgan fingerprint density at radius 2 is 1.43 bits per heavy atom. The van der Waals surface area contributed by atoms with Gasteiger partial charge in [0.1, 0.15) is 0 Å². The lowest BCUT2D eigenvalue weighted by Gasteiger charge is -2.24. The molecule has 1 nitrogen and oxygen atoms in total. The Balaban J connectivity index is 2.19. The summed E-state index contributed by atoms with van der Waals surface area (Å²) in [4.78, 5) is 0. The van der Waals surface area contributed by atoms with Crippen LogP contribution in [0.2, 0.25) is 0 Å². The molecule has 2 aromatic rings. The Bertz CT molecular complexity index is 505. The second-order valence-electron chi connectivity index (χ2n) is 3.40. The van der Waals surface area contributed by atoms with Gasteiger partial charge in [-0.3, -0.25) is 0 Å². The lowest BCUT2D eigenvalue weighted by molar-refractivity contribution is 1.52. The molecule has 1 N–H and O–H groups in total. The van der Waals surface area contributed by atoms with E-state index in [-0.39, 0.29) is 0 Å². The van der Waals surface area contributed by atoms with Crippen molar-refractivity contribution in [1.82, 2.24) is 0 Å². The predicted octanol–water partition coefficient (Wildman–Crippen LogP) is 4.10. The van der Waals surface area contributed by atoms with Gasteiger partial charge in [-0.25, -0.2) is 0 Å². The van der Waals surface area contributed by atoms with E-state index < -0.39 is 0 Å². The van der Waals surface area contributed by atoms with E-state index in [2.05, 4.69) is 68.9 Å². The highest BCUT2D eigenvalue weighted by Crippen LogP contribution is 2.47. The van der Waals surface area contributed by atoms with E-state index in [9.17, 15) is 0 Å². The number of hydrogen-bond acceptors (Lipinski definition) is 1. The highest BCUT2D eigenvalue weighted by atomic mass is 127. The summed E-state index contributed by atoms with van der Waals surface area (Å²) in [5.41, 5.74) is 6.65. The monoisotopic (exact) mass is 293 g/mol. The van der Waals surface area contributed by atoms with Crippen LogP contribution in [0.1, 0.15) is 0 Å². The first-order valence-corrected chi connectivity index (χ1v) is 5.58. The third-order valence-electron chi connectivity index (χ3n) is 2.64. The molecule has 2 heteroatoms. The van der Waals surface area contributed by atoms with Gasteiger partial charge in [-0.05, 0) is 34.4 Å². The van der Waals surface area contributed by atoms with Gasteiger partial charge >= 0.3 is 0 Å². The van der Waals surface area contributed by atoms with Gasteiger partial charge in [0.15, 0.2) is 0 Å². The molecular weight excluding hydrogens is 285 g/mol.